The van der Waals surface area contributed by atoms with Gasteiger partial charge in [0.15, 0.2) is 5.76 Å². The number of methoxy groups -OCH3 is 2. The first-order chi connectivity index (χ1) is 24.0. The van der Waals surface area contributed by atoms with Crippen molar-refractivity contribution in [2.75, 3.05) is 32.3 Å². The molecule has 0 aliphatic heterocycles. The summed E-state index contributed by atoms with van der Waals surface area (Å²) in [6.07, 6.45) is 3.70. The van der Waals surface area contributed by atoms with E-state index in [4.69, 9.17) is 14.2 Å². The van der Waals surface area contributed by atoms with Crippen LogP contribution in [0.2, 0.25) is 0 Å². The van der Waals surface area contributed by atoms with Crippen LogP contribution in [0.25, 0.3) is 6.08 Å². The molecule has 5 rings (SSSR count). The number of aliphatic imine (C=N–C) groups is 1. The van der Waals surface area contributed by atoms with Gasteiger partial charge >= 0.3 is 5.97 Å². The van der Waals surface area contributed by atoms with Gasteiger partial charge in [0.1, 0.15) is 5.75 Å². The number of carbonyl (C=O) groups excluding carboxylic acids is 2. The highest BCUT2D eigenvalue weighted by Crippen LogP contribution is 2.34. The van der Waals surface area contributed by atoms with E-state index in [1.54, 1.807) is 44.4 Å². The molecule has 0 N–H and O–H groups in total. The number of carbonyl (C=O) groups is 2. The van der Waals surface area contributed by atoms with Crippen LogP contribution in [-0.2, 0) is 20.7 Å². The number of nitrogens with zero attached hydrogens (tertiary/aromatic N) is 3. The average molecular weight is 654 g/mol. The van der Waals surface area contributed by atoms with Crippen LogP contribution in [0, 0.1) is 0 Å². The van der Waals surface area contributed by atoms with Gasteiger partial charge in [0.05, 0.1) is 38.4 Å². The van der Waals surface area contributed by atoms with Gasteiger partial charge < -0.3 is 19.1 Å². The molecule has 0 heterocycles. The molecular formula is C41H39N3O5. The lowest BCUT2D eigenvalue weighted by molar-refractivity contribution is -0.126. The van der Waals surface area contributed by atoms with Gasteiger partial charge in [-0.1, -0.05) is 72.8 Å². The fraction of sp³-hybridized carbons (Fsp3) is 0.146. The Kier molecular flexibility index (Phi) is 12.0. The van der Waals surface area contributed by atoms with Crippen molar-refractivity contribution in [1.29, 1.82) is 0 Å². The first-order valence-electron chi connectivity index (χ1n) is 16.0. The van der Waals surface area contributed by atoms with Crippen LogP contribution in [0.5, 0.6) is 5.75 Å². The first kappa shape index (κ1) is 34.2. The molecule has 5 aromatic carbocycles. The van der Waals surface area contributed by atoms with Crippen LogP contribution in [0.3, 0.4) is 0 Å². The fourth-order valence-electron chi connectivity index (χ4n) is 5.17. The Hall–Kier alpha value is -6.15. The number of para-hydroxylation sites is 3. The average Bonchev–Trinajstić information content (AvgIpc) is 3.15. The van der Waals surface area contributed by atoms with Crippen molar-refractivity contribution in [1.82, 2.24) is 4.90 Å². The Bertz CT molecular complexity index is 1830. The van der Waals surface area contributed by atoms with Crippen molar-refractivity contribution in [2.24, 2.45) is 4.99 Å². The summed E-state index contributed by atoms with van der Waals surface area (Å²) in [5.74, 6) is 0.0220. The number of hydrogen-bond acceptors (Lipinski definition) is 7. The molecule has 8 nitrogen and oxygen atoms in total. The van der Waals surface area contributed by atoms with E-state index in [0.29, 0.717) is 24.2 Å². The molecule has 0 spiro atoms. The lowest BCUT2D eigenvalue weighted by Crippen LogP contribution is -2.33. The molecular weight excluding hydrogens is 614 g/mol. The SMILES string of the molecule is CCOC(=O)c1ccccc1/N=C/N(CCc1ccc(OC)cc1)C(=O)/C(=C\c1ccc(N(c2ccccc2)c2ccccc2)cc1)OC. The van der Waals surface area contributed by atoms with Crippen LogP contribution < -0.4 is 9.64 Å². The molecule has 0 bridgehead atoms. The zero-order valence-electron chi connectivity index (χ0n) is 27.9. The monoisotopic (exact) mass is 653 g/mol. The van der Waals surface area contributed by atoms with Crippen LogP contribution in [0.1, 0.15) is 28.4 Å². The minimum atomic E-state index is -0.481. The minimum Gasteiger partial charge on any atom is -0.497 e. The maximum absolute atomic E-state index is 14.0. The number of rotatable bonds is 14. The van der Waals surface area contributed by atoms with Crippen LogP contribution in [0.4, 0.5) is 22.7 Å². The standard InChI is InChI=1S/C41H39N3O5/c1-4-49-41(46)37-17-11-12-18-38(37)42-30-43(28-27-31-21-25-36(47-2)26-22-31)40(45)39(48-3)29-32-19-23-35(24-20-32)44(33-13-7-5-8-14-33)34-15-9-6-10-16-34/h5-26,29-30H,4,27-28H2,1-3H3/b39-29+,42-30+. The third-order valence-electron chi connectivity index (χ3n) is 7.71. The van der Waals surface area contributed by atoms with Gasteiger partial charge in [-0.25, -0.2) is 9.79 Å². The second-order valence-corrected chi connectivity index (χ2v) is 10.9. The molecule has 0 aromatic heterocycles. The summed E-state index contributed by atoms with van der Waals surface area (Å²) in [6.45, 7) is 2.29. The van der Waals surface area contributed by atoms with Crippen LogP contribution in [-0.4, -0.2) is 50.5 Å². The molecule has 8 heteroatoms. The predicted octanol–water partition coefficient (Wildman–Crippen LogP) is 8.76. The molecule has 0 aliphatic carbocycles. The zero-order valence-corrected chi connectivity index (χ0v) is 27.9. The Morgan fingerprint density at radius 1 is 0.714 bits per heavy atom. The summed E-state index contributed by atoms with van der Waals surface area (Å²) in [5, 5.41) is 0. The number of benzene rings is 5. The van der Waals surface area contributed by atoms with Crippen molar-refractivity contribution in [3.8, 4) is 5.75 Å². The van der Waals surface area contributed by atoms with Gasteiger partial charge in [0.2, 0.25) is 0 Å². The van der Waals surface area contributed by atoms with Gasteiger partial charge in [-0.2, -0.15) is 0 Å². The number of esters is 1. The highest BCUT2D eigenvalue weighted by molar-refractivity contribution is 6.02. The van der Waals surface area contributed by atoms with E-state index in [-0.39, 0.29) is 18.3 Å². The molecule has 0 fully saturated rings. The highest BCUT2D eigenvalue weighted by atomic mass is 16.5. The maximum Gasteiger partial charge on any atom is 0.340 e. The quantitative estimate of drug-likeness (QED) is 0.0392. The molecule has 0 saturated heterocycles. The Labute approximate surface area is 287 Å². The van der Waals surface area contributed by atoms with Gasteiger partial charge in [-0.05, 0) is 91.2 Å². The molecule has 248 valence electrons. The Balaban J connectivity index is 1.43. The van der Waals surface area contributed by atoms with Gasteiger partial charge in [0, 0.05) is 23.6 Å². The van der Waals surface area contributed by atoms with E-state index in [1.165, 1.54) is 18.3 Å². The smallest absolute Gasteiger partial charge is 0.340 e. The largest absolute Gasteiger partial charge is 0.497 e. The van der Waals surface area contributed by atoms with Crippen LogP contribution >= 0.6 is 0 Å². The lowest BCUT2D eigenvalue weighted by Gasteiger charge is -2.25. The van der Waals surface area contributed by atoms with E-state index in [9.17, 15) is 9.59 Å². The summed E-state index contributed by atoms with van der Waals surface area (Å²) in [5.41, 5.74) is 5.53. The van der Waals surface area contributed by atoms with Gasteiger partial charge in [-0.3, -0.25) is 9.69 Å². The predicted molar refractivity (Wildman–Crippen MR) is 195 cm³/mol. The van der Waals surface area contributed by atoms with E-state index in [0.717, 1.165) is 33.9 Å². The van der Waals surface area contributed by atoms with Crippen molar-refractivity contribution < 1.29 is 23.8 Å². The number of hydrogen-bond donors (Lipinski definition) is 0. The second-order valence-electron chi connectivity index (χ2n) is 10.9. The van der Waals surface area contributed by atoms with Gasteiger partial charge in [-0.15, -0.1) is 0 Å². The molecule has 5 aromatic rings. The number of ether oxygens (including phenoxy) is 3. The lowest BCUT2D eigenvalue weighted by atomic mass is 10.1. The van der Waals surface area contributed by atoms with E-state index >= 15 is 0 Å². The molecule has 1 amide bonds. The zero-order chi connectivity index (χ0) is 34.4. The Morgan fingerprint density at radius 3 is 1.90 bits per heavy atom. The summed E-state index contributed by atoms with van der Waals surface area (Å²) in [4.78, 5) is 34.8. The maximum atomic E-state index is 14.0. The van der Waals surface area contributed by atoms with E-state index in [2.05, 4.69) is 34.2 Å². The normalized spacial score (nSPS) is 11.2. The highest BCUT2D eigenvalue weighted by Gasteiger charge is 2.20. The van der Waals surface area contributed by atoms with Crippen LogP contribution in [0.15, 0.2) is 144 Å². The number of amides is 1. The van der Waals surface area contributed by atoms with Crippen molar-refractivity contribution >= 4 is 47.0 Å². The summed E-state index contributed by atoms with van der Waals surface area (Å²) >= 11 is 0. The summed E-state index contributed by atoms with van der Waals surface area (Å²) < 4.78 is 16.1. The van der Waals surface area contributed by atoms with E-state index < -0.39 is 5.97 Å². The van der Waals surface area contributed by atoms with E-state index in [1.807, 2.05) is 84.9 Å². The molecule has 0 saturated carbocycles. The molecule has 49 heavy (non-hydrogen) atoms. The molecule has 0 aliphatic rings. The minimum absolute atomic E-state index is 0.135. The first-order valence-corrected chi connectivity index (χ1v) is 16.0. The Morgan fingerprint density at radius 2 is 1.31 bits per heavy atom. The summed E-state index contributed by atoms with van der Waals surface area (Å²) in [7, 11) is 3.09. The molecule has 0 unspecified atom stereocenters. The van der Waals surface area contributed by atoms with Crippen molar-refractivity contribution in [3.63, 3.8) is 0 Å². The fourth-order valence-corrected chi connectivity index (χ4v) is 5.17. The molecule has 0 atom stereocenters. The number of anilines is 3. The summed E-state index contributed by atoms with van der Waals surface area (Å²) in [6, 6.07) is 42.8. The second kappa shape index (κ2) is 17.1. The topological polar surface area (TPSA) is 80.7 Å². The molecule has 0 radical (unpaired) electrons. The van der Waals surface area contributed by atoms with Crippen molar-refractivity contribution in [2.45, 2.75) is 13.3 Å². The third-order valence-corrected chi connectivity index (χ3v) is 7.71. The van der Waals surface area contributed by atoms with Crippen molar-refractivity contribution in [3.05, 3.63) is 156 Å². The van der Waals surface area contributed by atoms with Gasteiger partial charge in [0.25, 0.3) is 5.91 Å². The third kappa shape index (κ3) is 9.02.